The maximum absolute atomic E-state index is 12.8. The first-order chi connectivity index (χ1) is 6.95. The number of carbonyl (C=O) groups excluding carboxylic acids is 1. The van der Waals surface area contributed by atoms with Gasteiger partial charge in [-0.05, 0) is 25.0 Å². The minimum Gasteiger partial charge on any atom is -0.298 e. The molecule has 0 aromatic heterocycles. The molecule has 0 radical (unpaired) electrons. The Labute approximate surface area is 95.6 Å². The number of hydrogen-bond acceptors (Lipinski definition) is 1. The van der Waals surface area contributed by atoms with Crippen molar-refractivity contribution in [3.63, 3.8) is 0 Å². The van der Waals surface area contributed by atoms with Crippen LogP contribution in [0.4, 0.5) is 8.78 Å². The van der Waals surface area contributed by atoms with Crippen molar-refractivity contribution in [1.82, 2.24) is 0 Å². The number of hydrogen-bond donors (Lipinski definition) is 0. The zero-order chi connectivity index (χ0) is 11.6. The van der Waals surface area contributed by atoms with Crippen molar-refractivity contribution in [2.45, 2.75) is 25.1 Å². The minimum absolute atomic E-state index is 0.0467. The fourth-order valence-corrected chi connectivity index (χ4v) is 1.84. The van der Waals surface area contributed by atoms with Gasteiger partial charge in [-0.25, -0.2) is 8.78 Å². The fraction of sp³-hybridized carbons (Fsp3) is 0.364. The highest BCUT2D eigenvalue weighted by atomic mass is 79.9. The Morgan fingerprint density at radius 2 is 2.00 bits per heavy atom. The normalized spacial score (nSPS) is 12.9. The largest absolute Gasteiger partial charge is 0.298 e. The number of alkyl halides is 3. The Morgan fingerprint density at radius 1 is 1.40 bits per heavy atom. The predicted molar refractivity (Wildman–Crippen MR) is 58.5 cm³/mol. The first-order valence-electron chi connectivity index (χ1n) is 4.47. The molecule has 4 heteroatoms. The van der Waals surface area contributed by atoms with Crippen LogP contribution in [0, 0.1) is 6.92 Å². The standard InChI is InChI=1S/C11H11BrF2O/c1-6-4-3-5-8(9(6)11(13)14)10(12)7(2)15/h3-5,10-11H,1-2H3. The summed E-state index contributed by atoms with van der Waals surface area (Å²) in [5, 5.41) is 0. The quantitative estimate of drug-likeness (QED) is 0.764. The van der Waals surface area contributed by atoms with E-state index >= 15 is 0 Å². The van der Waals surface area contributed by atoms with E-state index in [9.17, 15) is 13.6 Å². The number of benzene rings is 1. The number of aryl methyl sites for hydroxylation is 1. The third-order valence-corrected chi connectivity index (χ3v) is 3.34. The number of halogens is 3. The van der Waals surface area contributed by atoms with E-state index in [0.29, 0.717) is 11.1 Å². The number of rotatable bonds is 3. The average molecular weight is 277 g/mol. The lowest BCUT2D eigenvalue weighted by Gasteiger charge is -2.14. The molecule has 0 heterocycles. The summed E-state index contributed by atoms with van der Waals surface area (Å²) in [6.45, 7) is 2.99. The molecule has 1 rings (SSSR count). The van der Waals surface area contributed by atoms with E-state index in [1.807, 2.05) is 0 Å². The second kappa shape index (κ2) is 4.84. The van der Waals surface area contributed by atoms with Crippen molar-refractivity contribution in [1.29, 1.82) is 0 Å². The maximum atomic E-state index is 12.8. The van der Waals surface area contributed by atoms with Gasteiger partial charge in [-0.15, -0.1) is 0 Å². The Kier molecular flexibility index (Phi) is 3.97. The van der Waals surface area contributed by atoms with E-state index in [0.717, 1.165) is 0 Å². The van der Waals surface area contributed by atoms with Crippen LogP contribution < -0.4 is 0 Å². The number of carbonyl (C=O) groups is 1. The summed E-state index contributed by atoms with van der Waals surface area (Å²) in [5.74, 6) is -0.178. The Balaban J connectivity index is 3.28. The molecule has 0 spiro atoms. The molecule has 0 fully saturated rings. The zero-order valence-electron chi connectivity index (χ0n) is 8.43. The lowest BCUT2D eigenvalue weighted by molar-refractivity contribution is -0.116. The summed E-state index contributed by atoms with van der Waals surface area (Å²) in [5.41, 5.74) is 0.820. The van der Waals surface area contributed by atoms with E-state index in [1.54, 1.807) is 25.1 Å². The van der Waals surface area contributed by atoms with Crippen LogP contribution in [0.15, 0.2) is 18.2 Å². The predicted octanol–water partition coefficient (Wildman–Crippen LogP) is 3.96. The van der Waals surface area contributed by atoms with Crippen molar-refractivity contribution in [2.24, 2.45) is 0 Å². The van der Waals surface area contributed by atoms with Crippen molar-refractivity contribution >= 4 is 21.7 Å². The molecule has 0 aliphatic carbocycles. The van der Waals surface area contributed by atoms with Gasteiger partial charge >= 0.3 is 0 Å². The Hall–Kier alpha value is -0.770. The molecule has 0 N–H and O–H groups in total. The highest BCUT2D eigenvalue weighted by Gasteiger charge is 2.22. The van der Waals surface area contributed by atoms with E-state index in [-0.39, 0.29) is 11.3 Å². The summed E-state index contributed by atoms with van der Waals surface area (Å²) < 4.78 is 25.6. The summed E-state index contributed by atoms with van der Waals surface area (Å²) in [6, 6.07) is 4.84. The van der Waals surface area contributed by atoms with E-state index in [4.69, 9.17) is 0 Å². The molecule has 1 aromatic rings. The second-order valence-corrected chi connectivity index (χ2v) is 4.27. The highest BCUT2D eigenvalue weighted by Crippen LogP contribution is 2.34. The molecule has 82 valence electrons. The van der Waals surface area contributed by atoms with E-state index in [1.165, 1.54) is 6.92 Å². The topological polar surface area (TPSA) is 17.1 Å². The third kappa shape index (κ3) is 2.62. The van der Waals surface area contributed by atoms with Crippen LogP contribution in [-0.4, -0.2) is 5.78 Å². The molecular formula is C11H11BrF2O. The molecule has 0 saturated carbocycles. The maximum Gasteiger partial charge on any atom is 0.264 e. The van der Waals surface area contributed by atoms with Crippen molar-refractivity contribution in [3.8, 4) is 0 Å². The summed E-state index contributed by atoms with van der Waals surface area (Å²) in [6.07, 6.45) is -2.56. The Bertz CT molecular complexity index is 377. The van der Waals surface area contributed by atoms with Gasteiger partial charge in [0, 0.05) is 5.56 Å². The summed E-state index contributed by atoms with van der Waals surface area (Å²) in [7, 11) is 0. The number of ketones is 1. The molecule has 0 amide bonds. The molecule has 1 nitrogen and oxygen atoms in total. The van der Waals surface area contributed by atoms with Gasteiger partial charge in [0.25, 0.3) is 6.43 Å². The lowest BCUT2D eigenvalue weighted by atomic mass is 9.98. The Morgan fingerprint density at radius 3 is 2.47 bits per heavy atom. The molecule has 1 unspecified atom stereocenters. The molecule has 0 aliphatic rings. The smallest absolute Gasteiger partial charge is 0.264 e. The van der Waals surface area contributed by atoms with Gasteiger partial charge in [-0.2, -0.15) is 0 Å². The SMILES string of the molecule is CC(=O)C(Br)c1cccc(C)c1C(F)F. The van der Waals surface area contributed by atoms with Crippen LogP contribution in [0.5, 0.6) is 0 Å². The minimum atomic E-state index is -2.56. The van der Waals surface area contributed by atoms with E-state index in [2.05, 4.69) is 15.9 Å². The molecule has 1 aromatic carbocycles. The van der Waals surface area contributed by atoms with Crippen molar-refractivity contribution in [3.05, 3.63) is 34.9 Å². The molecule has 15 heavy (non-hydrogen) atoms. The van der Waals surface area contributed by atoms with Gasteiger partial charge in [0.2, 0.25) is 0 Å². The summed E-state index contributed by atoms with van der Waals surface area (Å²) in [4.78, 5) is 10.5. The first kappa shape index (κ1) is 12.3. The van der Waals surface area contributed by atoms with Gasteiger partial charge in [-0.3, -0.25) is 4.79 Å². The van der Waals surface area contributed by atoms with Crippen LogP contribution in [0.25, 0.3) is 0 Å². The van der Waals surface area contributed by atoms with E-state index < -0.39 is 11.3 Å². The van der Waals surface area contributed by atoms with Crippen LogP contribution in [-0.2, 0) is 4.79 Å². The fourth-order valence-electron chi connectivity index (χ4n) is 1.44. The average Bonchev–Trinajstić information content (AvgIpc) is 2.15. The first-order valence-corrected chi connectivity index (χ1v) is 5.38. The third-order valence-electron chi connectivity index (χ3n) is 2.21. The van der Waals surface area contributed by atoms with Gasteiger partial charge in [0.05, 0.1) is 4.83 Å². The molecule has 0 aliphatic heterocycles. The van der Waals surface area contributed by atoms with Gasteiger partial charge in [0.15, 0.2) is 0 Å². The summed E-state index contributed by atoms with van der Waals surface area (Å²) >= 11 is 3.12. The van der Waals surface area contributed by atoms with Crippen LogP contribution in [0.3, 0.4) is 0 Å². The van der Waals surface area contributed by atoms with Crippen LogP contribution >= 0.6 is 15.9 Å². The zero-order valence-corrected chi connectivity index (χ0v) is 10.0. The monoisotopic (exact) mass is 276 g/mol. The van der Waals surface area contributed by atoms with Gasteiger partial charge in [0.1, 0.15) is 5.78 Å². The molecule has 0 saturated heterocycles. The lowest BCUT2D eigenvalue weighted by Crippen LogP contribution is -2.06. The highest BCUT2D eigenvalue weighted by molar-refractivity contribution is 9.09. The van der Waals surface area contributed by atoms with Crippen LogP contribution in [0.1, 0.15) is 34.9 Å². The second-order valence-electron chi connectivity index (χ2n) is 3.35. The van der Waals surface area contributed by atoms with Crippen molar-refractivity contribution < 1.29 is 13.6 Å². The molecule has 1 atom stereocenters. The van der Waals surface area contributed by atoms with Crippen molar-refractivity contribution in [2.75, 3.05) is 0 Å². The van der Waals surface area contributed by atoms with Crippen LogP contribution in [0.2, 0.25) is 0 Å². The number of Topliss-reactive ketones (excluding diaryl/α,β-unsaturated/α-hetero) is 1. The van der Waals surface area contributed by atoms with Gasteiger partial charge in [-0.1, -0.05) is 34.1 Å². The molecule has 0 bridgehead atoms. The molecular weight excluding hydrogens is 266 g/mol. The van der Waals surface area contributed by atoms with Gasteiger partial charge < -0.3 is 0 Å².